The zero-order valence-electron chi connectivity index (χ0n) is 16.4. The molecule has 0 bridgehead atoms. The lowest BCUT2D eigenvalue weighted by atomic mass is 9.85. The van der Waals surface area contributed by atoms with E-state index in [9.17, 15) is 0 Å². The van der Waals surface area contributed by atoms with Gasteiger partial charge < -0.3 is 10.2 Å². The van der Waals surface area contributed by atoms with Gasteiger partial charge in [-0.1, -0.05) is 0 Å². The molecule has 1 N–H and O–H groups in total. The summed E-state index contributed by atoms with van der Waals surface area (Å²) >= 11 is 0. The highest BCUT2D eigenvalue weighted by molar-refractivity contribution is 5.84. The number of aryl methyl sites for hydroxylation is 1. The van der Waals surface area contributed by atoms with Crippen LogP contribution >= 0.6 is 0 Å². The lowest BCUT2D eigenvalue weighted by Crippen LogP contribution is -2.33. The van der Waals surface area contributed by atoms with E-state index < -0.39 is 0 Å². The first kappa shape index (κ1) is 17.9. The van der Waals surface area contributed by atoms with Crippen LogP contribution in [0.3, 0.4) is 0 Å². The summed E-state index contributed by atoms with van der Waals surface area (Å²) in [5, 5.41) is 8.90. The monoisotopic (exact) mass is 364 g/mol. The highest BCUT2D eigenvalue weighted by Crippen LogP contribution is 2.27. The van der Waals surface area contributed by atoms with Gasteiger partial charge in [-0.05, 0) is 57.8 Å². The Morgan fingerprint density at radius 3 is 2.56 bits per heavy atom. The maximum atomic E-state index is 4.55. The fourth-order valence-corrected chi connectivity index (χ4v) is 3.97. The number of hydrogen-bond donors (Lipinski definition) is 1. The molecular weight excluding hydrogens is 336 g/mol. The van der Waals surface area contributed by atoms with Crippen molar-refractivity contribution in [3.63, 3.8) is 0 Å². The molecule has 3 heterocycles. The molecule has 1 saturated carbocycles. The largest absolute Gasteiger partial charge is 0.370 e. The summed E-state index contributed by atoms with van der Waals surface area (Å²) < 4.78 is 1.81. The molecule has 0 aliphatic heterocycles. The Balaban J connectivity index is 1.43. The van der Waals surface area contributed by atoms with E-state index in [2.05, 4.69) is 51.5 Å². The number of nitrogens with zero attached hydrogens (tertiary/aromatic N) is 5. The first-order valence-electron chi connectivity index (χ1n) is 9.73. The van der Waals surface area contributed by atoms with Crippen molar-refractivity contribution >= 4 is 16.7 Å². The van der Waals surface area contributed by atoms with Gasteiger partial charge in [0.05, 0.1) is 17.9 Å². The highest BCUT2D eigenvalue weighted by atomic mass is 15.2. The first-order valence-corrected chi connectivity index (χ1v) is 9.73. The highest BCUT2D eigenvalue weighted by Gasteiger charge is 2.22. The molecule has 6 heteroatoms. The third kappa shape index (κ3) is 4.11. The summed E-state index contributed by atoms with van der Waals surface area (Å²) in [5.41, 5.74) is 3.07. The molecule has 0 spiro atoms. The Hall–Kier alpha value is -2.47. The second-order valence-electron chi connectivity index (χ2n) is 7.91. The maximum Gasteiger partial charge on any atom is 0.126 e. The third-order valence-corrected chi connectivity index (χ3v) is 5.72. The van der Waals surface area contributed by atoms with Crippen LogP contribution in [0.1, 0.15) is 25.7 Å². The van der Waals surface area contributed by atoms with Crippen LogP contribution in [0.2, 0.25) is 0 Å². The van der Waals surface area contributed by atoms with Crippen LogP contribution in [0.5, 0.6) is 0 Å². The molecular formula is C21H28N6. The summed E-state index contributed by atoms with van der Waals surface area (Å²) in [5.74, 6) is 1.67. The van der Waals surface area contributed by atoms with E-state index >= 15 is 0 Å². The molecule has 1 fully saturated rings. The topological polar surface area (TPSA) is 58.9 Å². The molecule has 1 aliphatic rings. The smallest absolute Gasteiger partial charge is 0.126 e. The van der Waals surface area contributed by atoms with Gasteiger partial charge in [0.25, 0.3) is 0 Å². The summed E-state index contributed by atoms with van der Waals surface area (Å²) in [6.45, 7) is 0.994. The van der Waals surface area contributed by atoms with Crippen molar-refractivity contribution < 1.29 is 0 Å². The molecule has 0 unspecified atom stereocenters. The van der Waals surface area contributed by atoms with Crippen molar-refractivity contribution in [3.8, 4) is 11.1 Å². The van der Waals surface area contributed by atoms with Gasteiger partial charge in [-0.3, -0.25) is 9.67 Å². The van der Waals surface area contributed by atoms with E-state index in [0.29, 0.717) is 0 Å². The molecule has 3 aromatic heterocycles. The SMILES string of the molecule is CN(C)C1CCC(CNc2cc3cc(-c4cnn(C)c4)cnc3cn2)CC1. The van der Waals surface area contributed by atoms with E-state index in [0.717, 1.165) is 46.4 Å². The van der Waals surface area contributed by atoms with E-state index in [1.165, 1.54) is 25.7 Å². The van der Waals surface area contributed by atoms with Gasteiger partial charge in [-0.2, -0.15) is 5.10 Å². The lowest BCUT2D eigenvalue weighted by molar-refractivity contribution is 0.198. The summed E-state index contributed by atoms with van der Waals surface area (Å²) in [7, 11) is 6.31. The van der Waals surface area contributed by atoms with E-state index in [4.69, 9.17) is 0 Å². The lowest BCUT2D eigenvalue weighted by Gasteiger charge is -2.32. The molecule has 0 aromatic carbocycles. The van der Waals surface area contributed by atoms with Crippen molar-refractivity contribution in [3.05, 3.63) is 36.9 Å². The molecule has 0 radical (unpaired) electrons. The van der Waals surface area contributed by atoms with Gasteiger partial charge in [0, 0.05) is 48.5 Å². The first-order chi connectivity index (χ1) is 13.1. The van der Waals surface area contributed by atoms with Crippen LogP contribution in [0.25, 0.3) is 22.0 Å². The Bertz CT molecular complexity index is 908. The molecule has 6 nitrogen and oxygen atoms in total. The van der Waals surface area contributed by atoms with Crippen molar-refractivity contribution in [1.29, 1.82) is 0 Å². The minimum atomic E-state index is 0.735. The second kappa shape index (κ2) is 7.64. The molecule has 0 saturated heterocycles. The quantitative estimate of drug-likeness (QED) is 0.750. The van der Waals surface area contributed by atoms with Crippen LogP contribution in [0.4, 0.5) is 5.82 Å². The Morgan fingerprint density at radius 1 is 1.04 bits per heavy atom. The van der Waals surface area contributed by atoms with E-state index in [1.54, 1.807) is 0 Å². The minimum Gasteiger partial charge on any atom is -0.370 e. The number of anilines is 1. The van der Waals surface area contributed by atoms with Gasteiger partial charge >= 0.3 is 0 Å². The fourth-order valence-electron chi connectivity index (χ4n) is 3.97. The van der Waals surface area contributed by atoms with Gasteiger partial charge in [0.2, 0.25) is 0 Å². The molecule has 27 heavy (non-hydrogen) atoms. The molecule has 142 valence electrons. The van der Waals surface area contributed by atoms with Gasteiger partial charge in [-0.15, -0.1) is 0 Å². The summed E-state index contributed by atoms with van der Waals surface area (Å²) in [6.07, 6.45) is 12.8. The Morgan fingerprint density at radius 2 is 1.85 bits per heavy atom. The summed E-state index contributed by atoms with van der Waals surface area (Å²) in [6, 6.07) is 5.01. The molecule has 4 rings (SSSR count). The fraction of sp³-hybridized carbons (Fsp3) is 0.476. The average Bonchev–Trinajstić information content (AvgIpc) is 3.12. The van der Waals surface area contributed by atoms with E-state index in [1.807, 2.05) is 36.5 Å². The van der Waals surface area contributed by atoms with Crippen molar-refractivity contribution in [2.45, 2.75) is 31.7 Å². The molecule has 1 aliphatic carbocycles. The van der Waals surface area contributed by atoms with Crippen LogP contribution in [0, 0.1) is 5.92 Å². The van der Waals surface area contributed by atoms with Crippen LogP contribution in [-0.2, 0) is 7.05 Å². The summed E-state index contributed by atoms with van der Waals surface area (Å²) in [4.78, 5) is 11.5. The number of rotatable bonds is 5. The predicted molar refractivity (Wildman–Crippen MR) is 110 cm³/mol. The van der Waals surface area contributed by atoms with Crippen LogP contribution < -0.4 is 5.32 Å². The number of aromatic nitrogens is 4. The van der Waals surface area contributed by atoms with Gasteiger partial charge in [0.1, 0.15) is 5.82 Å². The molecule has 3 aromatic rings. The van der Waals surface area contributed by atoms with Crippen molar-refractivity contribution in [2.75, 3.05) is 26.0 Å². The normalized spacial score (nSPS) is 20.3. The molecule has 0 amide bonds. The zero-order chi connectivity index (χ0) is 18.8. The van der Waals surface area contributed by atoms with Crippen LogP contribution in [0.15, 0.2) is 36.9 Å². The standard InChI is InChI=1S/C21H28N6/c1-26(2)19-6-4-15(5-7-19)10-23-21-9-16-8-17(11-22-20(16)13-24-21)18-12-25-27(3)14-18/h8-9,11-15,19H,4-7,10H2,1-3H3,(H,23,24). The number of pyridine rings is 2. The second-order valence-corrected chi connectivity index (χ2v) is 7.91. The van der Waals surface area contributed by atoms with Gasteiger partial charge in [-0.25, -0.2) is 4.98 Å². The Labute approximate surface area is 160 Å². The number of hydrogen-bond acceptors (Lipinski definition) is 5. The average molecular weight is 364 g/mol. The van der Waals surface area contributed by atoms with E-state index in [-0.39, 0.29) is 0 Å². The zero-order valence-corrected chi connectivity index (χ0v) is 16.4. The molecule has 0 atom stereocenters. The van der Waals surface area contributed by atoms with Crippen molar-refractivity contribution in [2.24, 2.45) is 13.0 Å². The van der Waals surface area contributed by atoms with Crippen molar-refractivity contribution in [1.82, 2.24) is 24.6 Å². The number of fused-ring (bicyclic) bond motifs is 1. The maximum absolute atomic E-state index is 4.55. The number of nitrogens with one attached hydrogen (secondary N) is 1. The minimum absolute atomic E-state index is 0.735. The third-order valence-electron chi connectivity index (χ3n) is 5.72. The Kier molecular flexibility index (Phi) is 5.07. The van der Waals surface area contributed by atoms with Gasteiger partial charge in [0.15, 0.2) is 0 Å². The predicted octanol–water partition coefficient (Wildman–Crippen LogP) is 3.56. The van der Waals surface area contributed by atoms with Crippen LogP contribution in [-0.4, -0.2) is 51.3 Å².